The van der Waals surface area contributed by atoms with Crippen LogP contribution in [0.3, 0.4) is 0 Å². The third-order valence-electron chi connectivity index (χ3n) is 5.02. The predicted octanol–water partition coefficient (Wildman–Crippen LogP) is 6.53. The molecule has 0 aliphatic rings. The van der Waals surface area contributed by atoms with Gasteiger partial charge >= 0.3 is 5.97 Å². The molecule has 0 aliphatic heterocycles. The normalized spacial score (nSPS) is 10.8. The minimum atomic E-state index is -0.917. The predicted molar refractivity (Wildman–Crippen MR) is 140 cm³/mol. The van der Waals surface area contributed by atoms with Crippen molar-refractivity contribution in [3.05, 3.63) is 121 Å². The highest BCUT2D eigenvalue weighted by molar-refractivity contribution is 7.97. The van der Waals surface area contributed by atoms with Crippen molar-refractivity contribution in [3.8, 4) is 17.6 Å². The van der Waals surface area contributed by atoms with Crippen molar-refractivity contribution in [2.24, 2.45) is 0 Å². The topological polar surface area (TPSA) is 35.5 Å². The van der Waals surface area contributed by atoms with Crippen molar-refractivity contribution in [2.45, 2.75) is 34.1 Å². The number of carbonyl (C=O) groups excluding carboxylic acids is 1. The molecule has 4 heteroatoms. The molecule has 0 amide bonds. The summed E-state index contributed by atoms with van der Waals surface area (Å²) < 4.78 is 11.2. The molecule has 0 unspecified atom stereocenters. The number of ether oxygens (including phenoxy) is 2. The molecule has 0 spiro atoms. The van der Waals surface area contributed by atoms with Gasteiger partial charge in [0.25, 0.3) is 0 Å². The highest BCUT2D eigenvalue weighted by atomic mass is 32.2. The molecule has 0 radical (unpaired) electrons. The second-order valence-electron chi connectivity index (χ2n) is 8.29. The summed E-state index contributed by atoms with van der Waals surface area (Å²) >= 11 is 0. The number of carbonyl (C=O) groups is 1. The van der Waals surface area contributed by atoms with Crippen LogP contribution < -0.4 is 4.74 Å². The summed E-state index contributed by atoms with van der Waals surface area (Å²) in [6, 6.07) is 38.4. The summed E-state index contributed by atoms with van der Waals surface area (Å²) in [6.45, 7) is 3.35. The average Bonchev–Trinajstić information content (AvgIpc) is 2.89. The van der Waals surface area contributed by atoms with E-state index in [1.807, 2.05) is 54.6 Å². The standard InChI is InChI=1S/C31H27O3S/c1-31(2,23-22-25-12-6-3-7-13-25)34-30(32)24-33-26-18-20-29(21-19-26)35(27-14-8-4-9-15-27)28-16-10-5-11-17-28/h3-21H,24H2,1-2H3/q+1. The first-order valence-corrected chi connectivity index (χ1v) is 12.6. The van der Waals surface area contributed by atoms with E-state index in [9.17, 15) is 4.79 Å². The van der Waals surface area contributed by atoms with Gasteiger partial charge in [0.1, 0.15) is 5.75 Å². The van der Waals surface area contributed by atoms with Gasteiger partial charge in [0.05, 0.1) is 10.9 Å². The van der Waals surface area contributed by atoms with Crippen molar-refractivity contribution in [1.29, 1.82) is 0 Å². The molecule has 0 heterocycles. The fourth-order valence-corrected chi connectivity index (χ4v) is 5.50. The molecule has 0 atom stereocenters. The molecular formula is C31H27O3S+. The van der Waals surface area contributed by atoms with Crippen LogP contribution in [0.5, 0.6) is 5.75 Å². The van der Waals surface area contributed by atoms with Gasteiger partial charge in [0.2, 0.25) is 0 Å². The lowest BCUT2D eigenvalue weighted by Gasteiger charge is -2.19. The second-order valence-corrected chi connectivity index (χ2v) is 10.3. The Bertz CT molecular complexity index is 1250. The lowest BCUT2D eigenvalue weighted by molar-refractivity contribution is -0.154. The van der Waals surface area contributed by atoms with Crippen LogP contribution in [0.25, 0.3) is 0 Å². The number of benzene rings is 4. The zero-order chi connectivity index (χ0) is 24.5. The fourth-order valence-electron chi connectivity index (χ4n) is 3.42. The van der Waals surface area contributed by atoms with Gasteiger partial charge in [-0.25, -0.2) is 4.79 Å². The maximum absolute atomic E-state index is 12.4. The van der Waals surface area contributed by atoms with Gasteiger partial charge in [-0.15, -0.1) is 0 Å². The fraction of sp³-hybridized carbons (Fsp3) is 0.129. The zero-order valence-corrected chi connectivity index (χ0v) is 20.6. The van der Waals surface area contributed by atoms with E-state index in [4.69, 9.17) is 9.47 Å². The van der Waals surface area contributed by atoms with Crippen LogP contribution in [0.4, 0.5) is 0 Å². The molecule has 35 heavy (non-hydrogen) atoms. The molecule has 0 fully saturated rings. The van der Waals surface area contributed by atoms with E-state index < -0.39 is 11.6 Å². The van der Waals surface area contributed by atoms with E-state index in [0.717, 1.165) is 5.56 Å². The number of rotatable bonds is 7. The molecule has 4 aromatic carbocycles. The Morgan fingerprint density at radius 1 is 0.714 bits per heavy atom. The highest BCUT2D eigenvalue weighted by Crippen LogP contribution is 2.31. The third-order valence-corrected chi connectivity index (χ3v) is 7.26. The van der Waals surface area contributed by atoms with E-state index >= 15 is 0 Å². The molecule has 0 aliphatic carbocycles. The molecular weight excluding hydrogens is 452 g/mol. The number of esters is 1. The van der Waals surface area contributed by atoms with Gasteiger partial charge in [0, 0.05) is 5.56 Å². The van der Waals surface area contributed by atoms with E-state index in [1.165, 1.54) is 14.7 Å². The number of hydrogen-bond acceptors (Lipinski definition) is 3. The first-order chi connectivity index (χ1) is 17.0. The summed E-state index contributed by atoms with van der Waals surface area (Å²) in [7, 11) is -0.230. The second kappa shape index (κ2) is 11.5. The molecule has 4 rings (SSSR count). The lowest BCUT2D eigenvalue weighted by atomic mass is 10.1. The summed E-state index contributed by atoms with van der Waals surface area (Å²) in [6.07, 6.45) is 0. The van der Waals surface area contributed by atoms with Crippen LogP contribution in [-0.4, -0.2) is 18.2 Å². The van der Waals surface area contributed by atoms with Crippen molar-refractivity contribution < 1.29 is 14.3 Å². The number of hydrogen-bond donors (Lipinski definition) is 0. The Labute approximate surface area is 210 Å². The van der Waals surface area contributed by atoms with Gasteiger partial charge in [-0.05, 0) is 74.5 Å². The Balaban J connectivity index is 1.40. The van der Waals surface area contributed by atoms with Crippen LogP contribution >= 0.6 is 0 Å². The van der Waals surface area contributed by atoms with E-state index in [2.05, 4.69) is 72.5 Å². The lowest BCUT2D eigenvalue weighted by Crippen LogP contribution is -2.29. The van der Waals surface area contributed by atoms with Gasteiger partial charge in [-0.3, -0.25) is 0 Å². The zero-order valence-electron chi connectivity index (χ0n) is 19.8. The van der Waals surface area contributed by atoms with Crippen molar-refractivity contribution in [1.82, 2.24) is 0 Å². The summed E-state index contributed by atoms with van der Waals surface area (Å²) in [4.78, 5) is 16.0. The van der Waals surface area contributed by atoms with Gasteiger partial charge < -0.3 is 9.47 Å². The molecule has 3 nitrogen and oxygen atoms in total. The molecule has 0 saturated heterocycles. The molecule has 174 valence electrons. The molecule has 0 aromatic heterocycles. The smallest absolute Gasteiger partial charge is 0.345 e. The maximum atomic E-state index is 12.4. The Hall–Kier alpha value is -3.94. The maximum Gasteiger partial charge on any atom is 0.345 e. The van der Waals surface area contributed by atoms with Crippen LogP contribution in [-0.2, 0) is 20.4 Å². The molecule has 4 aromatic rings. The van der Waals surface area contributed by atoms with E-state index in [0.29, 0.717) is 5.75 Å². The summed E-state index contributed by atoms with van der Waals surface area (Å²) in [5, 5.41) is 0. The van der Waals surface area contributed by atoms with Crippen LogP contribution in [0.2, 0.25) is 0 Å². The van der Waals surface area contributed by atoms with Crippen LogP contribution in [0.15, 0.2) is 130 Å². The first-order valence-electron chi connectivity index (χ1n) is 11.4. The first kappa shape index (κ1) is 24.2. The largest absolute Gasteiger partial charge is 0.482 e. The van der Waals surface area contributed by atoms with Crippen molar-refractivity contribution >= 4 is 16.9 Å². The Morgan fingerprint density at radius 2 is 1.20 bits per heavy atom. The van der Waals surface area contributed by atoms with Crippen LogP contribution in [0.1, 0.15) is 19.4 Å². The minimum Gasteiger partial charge on any atom is -0.482 e. The summed E-state index contributed by atoms with van der Waals surface area (Å²) in [5.74, 6) is 6.20. The highest BCUT2D eigenvalue weighted by Gasteiger charge is 2.28. The molecule has 0 bridgehead atoms. The molecule has 0 saturated carbocycles. The van der Waals surface area contributed by atoms with Gasteiger partial charge in [-0.2, -0.15) is 0 Å². The molecule has 0 N–H and O–H groups in total. The SMILES string of the molecule is CC(C)(C#Cc1ccccc1)OC(=O)COc1ccc([S+](c2ccccc2)c2ccccc2)cc1. The Kier molecular flexibility index (Phi) is 7.92. The average molecular weight is 480 g/mol. The van der Waals surface area contributed by atoms with Crippen molar-refractivity contribution in [2.75, 3.05) is 6.61 Å². The monoisotopic (exact) mass is 479 g/mol. The Morgan fingerprint density at radius 3 is 1.74 bits per heavy atom. The van der Waals surface area contributed by atoms with Crippen molar-refractivity contribution in [3.63, 3.8) is 0 Å². The van der Waals surface area contributed by atoms with E-state index in [-0.39, 0.29) is 17.5 Å². The van der Waals surface area contributed by atoms with E-state index in [1.54, 1.807) is 13.8 Å². The quantitative estimate of drug-likeness (QED) is 0.172. The van der Waals surface area contributed by atoms with Gasteiger partial charge in [0.15, 0.2) is 26.9 Å². The van der Waals surface area contributed by atoms with Gasteiger partial charge in [-0.1, -0.05) is 66.4 Å². The summed E-state index contributed by atoms with van der Waals surface area (Å²) in [5.41, 5.74) is -0.0437. The minimum absolute atomic E-state index is 0.182. The van der Waals surface area contributed by atoms with Crippen LogP contribution in [0, 0.1) is 11.8 Å². The third kappa shape index (κ3) is 7.02.